The fourth-order valence-electron chi connectivity index (χ4n) is 1.74. The van der Waals surface area contributed by atoms with Gasteiger partial charge in [-0.2, -0.15) is 0 Å². The maximum Gasteiger partial charge on any atom is 0.309 e. The van der Waals surface area contributed by atoms with Gasteiger partial charge in [0.1, 0.15) is 0 Å². The normalized spacial score (nSPS) is 14.4. The minimum Gasteiger partial charge on any atom is -0.481 e. The average molecular weight is 220 g/mol. The highest BCUT2D eigenvalue weighted by atomic mass is 16.4. The van der Waals surface area contributed by atoms with Crippen LogP contribution in [0.3, 0.4) is 0 Å². The Labute approximate surface area is 97.3 Å². The molecule has 0 bridgehead atoms. The molecule has 1 aromatic rings. The quantitative estimate of drug-likeness (QED) is 0.825. The third-order valence-corrected chi connectivity index (χ3v) is 3.50. The van der Waals surface area contributed by atoms with Gasteiger partial charge in [0.2, 0.25) is 0 Å². The first-order chi connectivity index (χ1) is 7.49. The summed E-state index contributed by atoms with van der Waals surface area (Å²) in [4.78, 5) is 11.2. The van der Waals surface area contributed by atoms with E-state index in [1.807, 2.05) is 26.0 Å². The molecule has 0 amide bonds. The van der Waals surface area contributed by atoms with Crippen molar-refractivity contribution in [3.8, 4) is 0 Å². The number of carbonyl (C=O) groups is 1. The molecule has 1 unspecified atom stereocenters. The predicted molar refractivity (Wildman–Crippen MR) is 65.5 cm³/mol. The fourth-order valence-corrected chi connectivity index (χ4v) is 1.74. The molecule has 0 aliphatic heterocycles. The molecule has 0 aliphatic carbocycles. The Hall–Kier alpha value is -1.31. The van der Waals surface area contributed by atoms with E-state index in [0.29, 0.717) is 12.8 Å². The van der Waals surface area contributed by atoms with Gasteiger partial charge >= 0.3 is 5.97 Å². The van der Waals surface area contributed by atoms with Crippen molar-refractivity contribution in [2.45, 2.75) is 40.0 Å². The van der Waals surface area contributed by atoms with Crippen LogP contribution in [-0.2, 0) is 11.2 Å². The highest BCUT2D eigenvalue weighted by Gasteiger charge is 2.30. The van der Waals surface area contributed by atoms with E-state index in [0.717, 1.165) is 6.42 Å². The monoisotopic (exact) mass is 220 g/mol. The second kappa shape index (κ2) is 5.15. The molecular weight excluding hydrogens is 200 g/mol. The highest BCUT2D eigenvalue weighted by Crippen LogP contribution is 2.28. The van der Waals surface area contributed by atoms with Crippen molar-refractivity contribution in [1.29, 1.82) is 0 Å². The first kappa shape index (κ1) is 12.8. The lowest BCUT2D eigenvalue weighted by atomic mass is 9.81. The number of carboxylic acids is 1. The zero-order chi connectivity index (χ0) is 12.2. The van der Waals surface area contributed by atoms with E-state index in [1.54, 1.807) is 0 Å². The van der Waals surface area contributed by atoms with Crippen LogP contribution in [0.25, 0.3) is 0 Å². The largest absolute Gasteiger partial charge is 0.481 e. The summed E-state index contributed by atoms with van der Waals surface area (Å²) in [5, 5.41) is 9.18. The van der Waals surface area contributed by atoms with Crippen molar-refractivity contribution in [2.24, 2.45) is 5.41 Å². The van der Waals surface area contributed by atoms with E-state index < -0.39 is 11.4 Å². The zero-order valence-corrected chi connectivity index (χ0v) is 10.3. The summed E-state index contributed by atoms with van der Waals surface area (Å²) in [6.07, 6.45) is 2.21. The second-order valence-corrected chi connectivity index (χ2v) is 4.65. The molecule has 0 radical (unpaired) electrons. The van der Waals surface area contributed by atoms with Gasteiger partial charge < -0.3 is 5.11 Å². The fraction of sp³-hybridized carbons (Fsp3) is 0.500. The van der Waals surface area contributed by atoms with Gasteiger partial charge in [-0.1, -0.05) is 31.2 Å². The molecule has 1 N–H and O–H groups in total. The van der Waals surface area contributed by atoms with Crippen LogP contribution in [0, 0.1) is 12.3 Å². The van der Waals surface area contributed by atoms with Crippen molar-refractivity contribution < 1.29 is 9.90 Å². The summed E-state index contributed by atoms with van der Waals surface area (Å²) >= 11 is 0. The number of hydrogen-bond acceptors (Lipinski definition) is 1. The number of benzene rings is 1. The SMILES string of the molecule is CCC(C)(CCc1ccccc1C)C(=O)O. The molecule has 0 saturated carbocycles. The topological polar surface area (TPSA) is 37.3 Å². The van der Waals surface area contributed by atoms with E-state index in [4.69, 9.17) is 0 Å². The van der Waals surface area contributed by atoms with Gasteiger partial charge in [0, 0.05) is 0 Å². The third kappa shape index (κ3) is 2.84. The molecule has 0 saturated heterocycles. The Morgan fingerprint density at radius 1 is 1.38 bits per heavy atom. The van der Waals surface area contributed by atoms with E-state index in [9.17, 15) is 9.90 Å². The van der Waals surface area contributed by atoms with Gasteiger partial charge in [-0.3, -0.25) is 4.79 Å². The van der Waals surface area contributed by atoms with Gasteiger partial charge in [-0.15, -0.1) is 0 Å². The molecule has 0 aliphatic rings. The predicted octanol–water partition coefficient (Wildman–Crippen LogP) is 3.43. The molecule has 16 heavy (non-hydrogen) atoms. The molecule has 1 rings (SSSR count). The van der Waals surface area contributed by atoms with Crippen LogP contribution in [0.4, 0.5) is 0 Å². The lowest BCUT2D eigenvalue weighted by Crippen LogP contribution is -2.27. The van der Waals surface area contributed by atoms with Crippen LogP contribution in [0.1, 0.15) is 37.8 Å². The van der Waals surface area contributed by atoms with Gasteiger partial charge in [-0.25, -0.2) is 0 Å². The maximum absolute atomic E-state index is 11.2. The second-order valence-electron chi connectivity index (χ2n) is 4.65. The average Bonchev–Trinajstić information content (AvgIpc) is 2.27. The zero-order valence-electron chi connectivity index (χ0n) is 10.3. The van der Waals surface area contributed by atoms with Crippen LogP contribution < -0.4 is 0 Å². The summed E-state index contributed by atoms with van der Waals surface area (Å²) in [7, 11) is 0. The van der Waals surface area contributed by atoms with E-state index in [-0.39, 0.29) is 0 Å². The molecule has 2 nitrogen and oxygen atoms in total. The standard InChI is InChI=1S/C14H20O2/c1-4-14(3,13(15)16)10-9-12-8-6-5-7-11(12)2/h5-8H,4,9-10H2,1-3H3,(H,15,16). The van der Waals surface area contributed by atoms with E-state index in [2.05, 4.69) is 19.1 Å². The van der Waals surface area contributed by atoms with Gasteiger partial charge in [0.15, 0.2) is 0 Å². The van der Waals surface area contributed by atoms with Gasteiger partial charge in [0.25, 0.3) is 0 Å². The molecule has 2 heteroatoms. The van der Waals surface area contributed by atoms with E-state index in [1.165, 1.54) is 11.1 Å². The number of aliphatic carboxylic acids is 1. The Bertz CT molecular complexity index is 371. The maximum atomic E-state index is 11.2. The van der Waals surface area contributed by atoms with Crippen LogP contribution >= 0.6 is 0 Å². The first-order valence-corrected chi connectivity index (χ1v) is 5.77. The minimum absolute atomic E-state index is 0.595. The van der Waals surface area contributed by atoms with Crippen molar-refractivity contribution in [2.75, 3.05) is 0 Å². The lowest BCUT2D eigenvalue weighted by molar-refractivity contribution is -0.148. The van der Waals surface area contributed by atoms with Crippen LogP contribution in [0.15, 0.2) is 24.3 Å². The Morgan fingerprint density at radius 3 is 2.50 bits per heavy atom. The molecule has 88 valence electrons. The van der Waals surface area contributed by atoms with Gasteiger partial charge in [-0.05, 0) is 44.2 Å². The Kier molecular flexibility index (Phi) is 4.11. The van der Waals surface area contributed by atoms with E-state index >= 15 is 0 Å². The van der Waals surface area contributed by atoms with Crippen molar-refractivity contribution in [1.82, 2.24) is 0 Å². The number of carboxylic acid groups (broad SMARTS) is 1. The number of aryl methyl sites for hydroxylation is 2. The molecule has 1 aromatic carbocycles. The summed E-state index contributed by atoms with van der Waals surface area (Å²) in [6, 6.07) is 8.16. The lowest BCUT2D eigenvalue weighted by Gasteiger charge is -2.23. The molecule has 0 aromatic heterocycles. The molecule has 0 spiro atoms. The van der Waals surface area contributed by atoms with Gasteiger partial charge in [0.05, 0.1) is 5.41 Å². The molecule has 1 atom stereocenters. The van der Waals surface area contributed by atoms with Crippen LogP contribution in [0.2, 0.25) is 0 Å². The van der Waals surface area contributed by atoms with Crippen LogP contribution in [-0.4, -0.2) is 11.1 Å². The summed E-state index contributed by atoms with van der Waals surface area (Å²) in [5.41, 5.74) is 1.90. The summed E-state index contributed by atoms with van der Waals surface area (Å²) in [6.45, 7) is 5.83. The van der Waals surface area contributed by atoms with Crippen molar-refractivity contribution in [3.05, 3.63) is 35.4 Å². The molecule has 0 fully saturated rings. The summed E-state index contributed by atoms with van der Waals surface area (Å²) < 4.78 is 0. The Morgan fingerprint density at radius 2 is 2.00 bits per heavy atom. The first-order valence-electron chi connectivity index (χ1n) is 5.77. The smallest absolute Gasteiger partial charge is 0.309 e. The minimum atomic E-state index is -0.691. The van der Waals surface area contributed by atoms with Crippen LogP contribution in [0.5, 0.6) is 0 Å². The third-order valence-electron chi connectivity index (χ3n) is 3.50. The summed E-state index contributed by atoms with van der Waals surface area (Å²) in [5.74, 6) is -0.691. The number of rotatable bonds is 5. The molecular formula is C14H20O2. The van der Waals surface area contributed by atoms with Crippen molar-refractivity contribution >= 4 is 5.97 Å². The highest BCUT2D eigenvalue weighted by molar-refractivity contribution is 5.74. The molecule has 0 heterocycles. The Balaban J connectivity index is 2.71. The number of hydrogen-bond donors (Lipinski definition) is 1. The van der Waals surface area contributed by atoms with Crippen molar-refractivity contribution in [3.63, 3.8) is 0 Å².